The molecule has 8 nitrogen and oxygen atoms in total. The molecule has 1 N–H and O–H groups in total. The zero-order chi connectivity index (χ0) is 28.1. The number of amides is 3. The van der Waals surface area contributed by atoms with Gasteiger partial charge in [0.25, 0.3) is 11.1 Å². The Morgan fingerprint density at radius 1 is 1.21 bits per heavy atom. The average Bonchev–Trinajstić information content (AvgIpc) is 3.38. The number of piperidine rings is 1. The van der Waals surface area contributed by atoms with E-state index in [1.54, 1.807) is 18.2 Å². The molecule has 5 rings (SSSR count). The maximum Gasteiger partial charge on any atom is 0.416 e. The first kappa shape index (κ1) is 27.0. The molecule has 3 aromatic rings. The van der Waals surface area contributed by atoms with E-state index in [-0.39, 0.29) is 35.0 Å². The van der Waals surface area contributed by atoms with Gasteiger partial charge in [0, 0.05) is 17.0 Å². The summed E-state index contributed by atoms with van der Waals surface area (Å²) in [5, 5.41) is 13.2. The summed E-state index contributed by atoms with van der Waals surface area (Å²) >= 11 is 6.42. The lowest BCUT2D eigenvalue weighted by Gasteiger charge is -2.36. The third-order valence-corrected chi connectivity index (χ3v) is 7.71. The van der Waals surface area contributed by atoms with Crippen molar-refractivity contribution in [3.05, 3.63) is 69.2 Å². The number of hydrogen-bond acceptors (Lipinski definition) is 5. The van der Waals surface area contributed by atoms with Gasteiger partial charge in [-0.05, 0) is 59.7 Å². The van der Waals surface area contributed by atoms with Crippen molar-refractivity contribution in [1.82, 2.24) is 19.6 Å². The fourth-order valence-corrected chi connectivity index (χ4v) is 5.76. The minimum absolute atomic E-state index is 0.00232. The number of thioether (sulfide) groups is 1. The number of aromatic nitrogens is 2. The molecular weight excluding hydrogens is 564 g/mol. The lowest BCUT2D eigenvalue weighted by molar-refractivity contribution is -0.138. The summed E-state index contributed by atoms with van der Waals surface area (Å²) in [7, 11) is 0. The number of fused-ring (bicyclic) bond motifs is 1. The standard InChI is InChI=1S/C25H19ClF4N4O4S/c26-16-3-2-14(17(9-16)25(28,29)30)11-33-19-4-1-13(7-15(19)10-31-33)8-21-22(35)34(24(38)39-21)20-5-6-32(23(36)37)12-18(20)27/h1-4,7-10,18,20H,5-6,11-12H2,(H,36,37)/b21-8-/t18-,20-/m0/s1. The molecule has 204 valence electrons. The number of likely N-dealkylation sites (tertiary alicyclic amines) is 1. The van der Waals surface area contributed by atoms with Crippen LogP contribution in [-0.4, -0.2) is 67.2 Å². The van der Waals surface area contributed by atoms with Crippen LogP contribution in [0.1, 0.15) is 23.1 Å². The molecule has 2 saturated heterocycles. The summed E-state index contributed by atoms with van der Waals surface area (Å²) in [5.74, 6) is -0.667. The van der Waals surface area contributed by atoms with E-state index in [0.717, 1.165) is 15.9 Å². The molecule has 39 heavy (non-hydrogen) atoms. The van der Waals surface area contributed by atoms with Crippen LogP contribution in [0.5, 0.6) is 0 Å². The van der Waals surface area contributed by atoms with Gasteiger partial charge in [-0.15, -0.1) is 0 Å². The van der Waals surface area contributed by atoms with Crippen LogP contribution in [0, 0.1) is 0 Å². The van der Waals surface area contributed by atoms with Gasteiger partial charge in [-0.3, -0.25) is 19.2 Å². The van der Waals surface area contributed by atoms with Crippen molar-refractivity contribution in [3.8, 4) is 0 Å². The SMILES string of the molecule is O=C(O)N1CC[C@H](N2C(=O)S/C(=C\c3ccc4c(cnn4Cc4ccc(Cl)cc4C(F)(F)F)c3)C2=O)[C@@H](F)C1. The molecule has 0 radical (unpaired) electrons. The number of benzene rings is 2. The Kier molecular flexibility index (Phi) is 7.06. The Labute approximate surface area is 227 Å². The van der Waals surface area contributed by atoms with Crippen LogP contribution in [0.2, 0.25) is 5.02 Å². The molecule has 3 heterocycles. The molecule has 0 bridgehead atoms. The zero-order valence-electron chi connectivity index (χ0n) is 19.9. The van der Waals surface area contributed by atoms with E-state index < -0.39 is 47.7 Å². The number of rotatable bonds is 4. The highest BCUT2D eigenvalue weighted by Crippen LogP contribution is 2.37. The maximum absolute atomic E-state index is 14.7. The predicted octanol–water partition coefficient (Wildman–Crippen LogP) is 5.88. The van der Waals surface area contributed by atoms with Gasteiger partial charge in [0.15, 0.2) is 0 Å². The highest BCUT2D eigenvalue weighted by molar-refractivity contribution is 8.18. The van der Waals surface area contributed by atoms with Crippen molar-refractivity contribution < 1.29 is 37.1 Å². The second-order valence-electron chi connectivity index (χ2n) is 9.07. The summed E-state index contributed by atoms with van der Waals surface area (Å²) in [6.07, 6.45) is -4.61. The zero-order valence-corrected chi connectivity index (χ0v) is 21.4. The molecule has 2 aromatic carbocycles. The second kappa shape index (κ2) is 10.2. The van der Waals surface area contributed by atoms with Gasteiger partial charge in [0.2, 0.25) is 0 Å². The fourth-order valence-electron chi connectivity index (χ4n) is 4.71. The van der Waals surface area contributed by atoms with Crippen molar-refractivity contribution in [2.24, 2.45) is 0 Å². The number of carbonyl (C=O) groups excluding carboxylic acids is 2. The molecular formula is C25H19ClF4N4O4S. The molecule has 14 heteroatoms. The van der Waals surface area contributed by atoms with E-state index in [2.05, 4.69) is 5.10 Å². The van der Waals surface area contributed by atoms with Crippen molar-refractivity contribution in [1.29, 1.82) is 0 Å². The lowest BCUT2D eigenvalue weighted by Crippen LogP contribution is -2.54. The van der Waals surface area contributed by atoms with Crippen molar-refractivity contribution in [2.45, 2.75) is 31.4 Å². The molecule has 2 atom stereocenters. The van der Waals surface area contributed by atoms with Gasteiger partial charge in [0.1, 0.15) is 6.17 Å². The summed E-state index contributed by atoms with van der Waals surface area (Å²) in [6.45, 7) is -0.580. The fraction of sp³-hybridized carbons (Fsp3) is 0.280. The first-order valence-electron chi connectivity index (χ1n) is 11.6. The van der Waals surface area contributed by atoms with Gasteiger partial charge in [-0.1, -0.05) is 23.7 Å². The number of carbonyl (C=O) groups is 3. The minimum Gasteiger partial charge on any atom is -0.465 e. The molecule has 3 amide bonds. The van der Waals surface area contributed by atoms with E-state index in [0.29, 0.717) is 28.2 Å². The predicted molar refractivity (Wildman–Crippen MR) is 136 cm³/mol. The van der Waals surface area contributed by atoms with Crippen molar-refractivity contribution in [2.75, 3.05) is 13.1 Å². The van der Waals surface area contributed by atoms with E-state index in [1.807, 2.05) is 0 Å². The summed E-state index contributed by atoms with van der Waals surface area (Å²) in [6, 6.07) is 7.43. The Bertz CT molecular complexity index is 1530. The van der Waals surface area contributed by atoms with Crippen LogP contribution in [0.4, 0.5) is 27.2 Å². The Hall–Kier alpha value is -3.58. The Balaban J connectivity index is 1.36. The van der Waals surface area contributed by atoms with Gasteiger partial charge >= 0.3 is 12.3 Å². The third-order valence-electron chi connectivity index (χ3n) is 6.59. The quantitative estimate of drug-likeness (QED) is 0.305. The van der Waals surface area contributed by atoms with Crippen LogP contribution in [0.15, 0.2) is 47.5 Å². The monoisotopic (exact) mass is 582 g/mol. The molecule has 2 aliphatic rings. The molecule has 0 saturated carbocycles. The molecule has 0 unspecified atom stereocenters. The number of carboxylic acid groups (broad SMARTS) is 1. The maximum atomic E-state index is 14.7. The first-order chi connectivity index (χ1) is 18.4. The van der Waals surface area contributed by atoms with Crippen LogP contribution in [-0.2, 0) is 17.5 Å². The van der Waals surface area contributed by atoms with Crippen molar-refractivity contribution >= 4 is 57.6 Å². The van der Waals surface area contributed by atoms with Gasteiger partial charge < -0.3 is 10.0 Å². The largest absolute Gasteiger partial charge is 0.465 e. The second-order valence-corrected chi connectivity index (χ2v) is 10.5. The minimum atomic E-state index is -4.59. The van der Waals surface area contributed by atoms with Gasteiger partial charge in [-0.2, -0.15) is 18.3 Å². The number of hydrogen-bond donors (Lipinski definition) is 1. The normalized spacial score (nSPS) is 21.4. The lowest BCUT2D eigenvalue weighted by atomic mass is 10.0. The average molecular weight is 583 g/mol. The number of alkyl halides is 4. The summed E-state index contributed by atoms with van der Waals surface area (Å²) in [5.41, 5.74) is 0.228. The molecule has 0 aliphatic carbocycles. The van der Waals surface area contributed by atoms with Gasteiger partial charge in [0.05, 0.1) is 41.3 Å². The Morgan fingerprint density at radius 2 is 1.97 bits per heavy atom. The molecule has 1 aromatic heterocycles. The number of halogens is 5. The molecule has 2 aliphatic heterocycles. The third kappa shape index (κ3) is 5.33. The first-order valence-corrected chi connectivity index (χ1v) is 12.8. The highest BCUT2D eigenvalue weighted by atomic mass is 35.5. The smallest absolute Gasteiger partial charge is 0.416 e. The van der Waals surface area contributed by atoms with Crippen LogP contribution < -0.4 is 0 Å². The van der Waals surface area contributed by atoms with E-state index >= 15 is 0 Å². The van der Waals surface area contributed by atoms with Crippen LogP contribution in [0.3, 0.4) is 0 Å². The van der Waals surface area contributed by atoms with Crippen LogP contribution >= 0.6 is 23.4 Å². The van der Waals surface area contributed by atoms with Gasteiger partial charge in [-0.25, -0.2) is 9.18 Å². The van der Waals surface area contributed by atoms with Crippen LogP contribution in [0.25, 0.3) is 17.0 Å². The highest BCUT2D eigenvalue weighted by Gasteiger charge is 2.45. The van der Waals surface area contributed by atoms with E-state index in [1.165, 1.54) is 29.1 Å². The molecule has 0 spiro atoms. The molecule has 2 fully saturated rings. The topological polar surface area (TPSA) is 95.7 Å². The summed E-state index contributed by atoms with van der Waals surface area (Å²) < 4.78 is 56.6. The number of imide groups is 1. The van der Waals surface area contributed by atoms with Crippen molar-refractivity contribution in [3.63, 3.8) is 0 Å². The Morgan fingerprint density at radius 3 is 2.67 bits per heavy atom. The summed E-state index contributed by atoms with van der Waals surface area (Å²) in [4.78, 5) is 38.5. The number of nitrogens with zero attached hydrogens (tertiary/aromatic N) is 4. The van der Waals surface area contributed by atoms with E-state index in [4.69, 9.17) is 16.7 Å². The van der Waals surface area contributed by atoms with E-state index in [9.17, 15) is 31.9 Å².